The molecule has 0 saturated carbocycles. The molecule has 3 rings (SSSR count). The minimum atomic E-state index is -0.434. The molecule has 0 saturated heterocycles. The number of hydrogen-bond acceptors (Lipinski definition) is 2. The van der Waals surface area contributed by atoms with Crippen molar-refractivity contribution in [2.75, 3.05) is 6.54 Å². The van der Waals surface area contributed by atoms with E-state index in [2.05, 4.69) is 41.4 Å². The van der Waals surface area contributed by atoms with Crippen LogP contribution in [0.3, 0.4) is 0 Å². The summed E-state index contributed by atoms with van der Waals surface area (Å²) in [5.41, 5.74) is 7.24. The van der Waals surface area contributed by atoms with Gasteiger partial charge in [0.05, 0.1) is 0 Å². The van der Waals surface area contributed by atoms with Gasteiger partial charge in [0.15, 0.2) is 0 Å². The highest BCUT2D eigenvalue weighted by molar-refractivity contribution is 5.67. The quantitative estimate of drug-likeness (QED) is 0.435. The van der Waals surface area contributed by atoms with E-state index in [4.69, 9.17) is 4.74 Å². The molecule has 0 aliphatic rings. The van der Waals surface area contributed by atoms with Crippen LogP contribution in [-0.4, -0.2) is 12.6 Å². The van der Waals surface area contributed by atoms with Crippen LogP contribution in [0.25, 0.3) is 0 Å². The van der Waals surface area contributed by atoms with Crippen molar-refractivity contribution in [2.45, 2.75) is 32.3 Å². The molecule has 1 amide bonds. The van der Waals surface area contributed by atoms with Crippen LogP contribution in [0.5, 0.6) is 0 Å². The Morgan fingerprint density at radius 3 is 1.90 bits per heavy atom. The summed E-state index contributed by atoms with van der Waals surface area (Å²) < 4.78 is 5.46. The number of ether oxygens (including phenoxy) is 1. The normalized spacial score (nSPS) is 10.6. The molecule has 3 aromatic carbocycles. The Morgan fingerprint density at radius 1 is 0.871 bits per heavy atom. The Morgan fingerprint density at radius 2 is 1.39 bits per heavy atom. The number of allylic oxidation sites excluding steroid dienone is 1. The van der Waals surface area contributed by atoms with Crippen LogP contribution in [-0.2, 0) is 16.8 Å². The standard InChI is InChI=1S/C28H29NO2/c1-23(2)13-12-20-28(25-16-8-4-9-17-25,26-18-10-5-11-19-26)22-29-27(30)31-21-24-14-6-3-7-15-24/h3-12,14-19H,20-22H2,1-2H3,(H,29,30). The van der Waals surface area contributed by atoms with Gasteiger partial charge in [-0.2, -0.15) is 0 Å². The van der Waals surface area contributed by atoms with Crippen molar-refractivity contribution in [1.82, 2.24) is 5.32 Å². The van der Waals surface area contributed by atoms with Gasteiger partial charge in [0.2, 0.25) is 0 Å². The predicted molar refractivity (Wildman–Crippen MR) is 126 cm³/mol. The number of rotatable bonds is 8. The topological polar surface area (TPSA) is 38.3 Å². The molecule has 31 heavy (non-hydrogen) atoms. The van der Waals surface area contributed by atoms with Crippen LogP contribution in [0.15, 0.2) is 108 Å². The van der Waals surface area contributed by atoms with Crippen molar-refractivity contribution < 1.29 is 9.53 Å². The maximum Gasteiger partial charge on any atom is 0.407 e. The summed E-state index contributed by atoms with van der Waals surface area (Å²) in [5.74, 6) is 0. The molecule has 0 fully saturated rings. The first kappa shape index (κ1) is 22.1. The average molecular weight is 412 g/mol. The van der Waals surface area contributed by atoms with Gasteiger partial charge < -0.3 is 10.1 Å². The number of carbonyl (C=O) groups is 1. The summed E-state index contributed by atoms with van der Waals surface area (Å²) >= 11 is 0. The van der Waals surface area contributed by atoms with Gasteiger partial charge in [-0.05, 0) is 48.6 Å². The highest BCUT2D eigenvalue weighted by Crippen LogP contribution is 2.35. The molecule has 3 heteroatoms. The summed E-state index contributed by atoms with van der Waals surface area (Å²) in [4.78, 5) is 12.5. The number of alkyl carbamates (subject to hydrolysis) is 1. The molecule has 0 aliphatic carbocycles. The first-order valence-corrected chi connectivity index (χ1v) is 10.5. The Balaban J connectivity index is 1.87. The molecule has 0 spiro atoms. The second kappa shape index (κ2) is 11.0. The van der Waals surface area contributed by atoms with E-state index in [0.29, 0.717) is 13.0 Å². The van der Waals surface area contributed by atoms with Crippen molar-refractivity contribution >= 4 is 6.09 Å². The van der Waals surface area contributed by atoms with E-state index >= 15 is 0 Å². The lowest BCUT2D eigenvalue weighted by Crippen LogP contribution is -2.41. The molecular formula is C28H29NO2. The van der Waals surface area contributed by atoms with E-state index in [1.807, 2.05) is 80.6 Å². The molecule has 3 aromatic rings. The highest BCUT2D eigenvalue weighted by atomic mass is 16.5. The van der Waals surface area contributed by atoms with E-state index in [1.54, 1.807) is 0 Å². The Bertz CT molecular complexity index is 977. The zero-order valence-electron chi connectivity index (χ0n) is 18.2. The Kier molecular flexibility index (Phi) is 7.86. The third-order valence-corrected chi connectivity index (χ3v) is 5.24. The molecule has 0 aromatic heterocycles. The van der Waals surface area contributed by atoms with Gasteiger partial charge in [-0.25, -0.2) is 4.79 Å². The van der Waals surface area contributed by atoms with E-state index in [-0.39, 0.29) is 6.61 Å². The van der Waals surface area contributed by atoms with Gasteiger partial charge in [0.1, 0.15) is 6.61 Å². The first-order valence-electron chi connectivity index (χ1n) is 10.5. The summed E-state index contributed by atoms with van der Waals surface area (Å²) in [6, 6.07) is 30.3. The highest BCUT2D eigenvalue weighted by Gasteiger charge is 2.34. The maximum atomic E-state index is 12.5. The molecule has 0 unspecified atom stereocenters. The molecule has 1 N–H and O–H groups in total. The van der Waals surface area contributed by atoms with Crippen molar-refractivity contribution in [1.29, 1.82) is 0 Å². The third kappa shape index (κ3) is 6.21. The fraction of sp³-hybridized carbons (Fsp3) is 0.214. The second-order valence-electron chi connectivity index (χ2n) is 7.78. The lowest BCUT2D eigenvalue weighted by Gasteiger charge is -2.34. The number of benzene rings is 3. The van der Waals surface area contributed by atoms with Crippen molar-refractivity contribution in [3.05, 3.63) is 125 Å². The largest absolute Gasteiger partial charge is 0.445 e. The van der Waals surface area contributed by atoms with E-state index < -0.39 is 11.5 Å². The average Bonchev–Trinajstić information content (AvgIpc) is 2.81. The van der Waals surface area contributed by atoms with E-state index in [0.717, 1.165) is 22.3 Å². The van der Waals surface area contributed by atoms with Crippen molar-refractivity contribution in [3.8, 4) is 0 Å². The number of hydrogen-bond donors (Lipinski definition) is 1. The maximum absolute atomic E-state index is 12.5. The zero-order chi connectivity index (χ0) is 21.9. The number of amides is 1. The van der Waals surface area contributed by atoms with E-state index in [1.165, 1.54) is 0 Å². The van der Waals surface area contributed by atoms with E-state index in [9.17, 15) is 4.79 Å². The number of nitrogens with one attached hydrogen (secondary N) is 1. The van der Waals surface area contributed by atoms with Crippen LogP contribution >= 0.6 is 0 Å². The number of carbonyl (C=O) groups excluding carboxylic acids is 1. The Labute approximate surface area is 185 Å². The summed E-state index contributed by atoms with van der Waals surface area (Å²) in [6.45, 7) is 4.72. The second-order valence-corrected chi connectivity index (χ2v) is 7.78. The van der Waals surface area contributed by atoms with Crippen LogP contribution < -0.4 is 5.32 Å². The van der Waals surface area contributed by atoms with Crippen LogP contribution in [0.1, 0.15) is 37.0 Å². The summed E-state index contributed by atoms with van der Waals surface area (Å²) in [6.07, 6.45) is 2.34. The monoisotopic (exact) mass is 411 g/mol. The Hall–Kier alpha value is -3.55. The molecule has 0 aliphatic heterocycles. The SMILES string of the molecule is CC(C)=C=CCC(CNC(=O)OCc1ccccc1)(c1ccccc1)c1ccccc1. The smallest absolute Gasteiger partial charge is 0.407 e. The molecule has 0 heterocycles. The third-order valence-electron chi connectivity index (χ3n) is 5.24. The minimum absolute atomic E-state index is 0.244. The van der Waals surface area contributed by atoms with Crippen LogP contribution in [0.2, 0.25) is 0 Å². The van der Waals surface area contributed by atoms with Gasteiger partial charge in [-0.3, -0.25) is 0 Å². The summed E-state index contributed by atoms with van der Waals surface area (Å²) in [5, 5.41) is 3.01. The molecule has 158 valence electrons. The van der Waals surface area contributed by atoms with Crippen LogP contribution in [0.4, 0.5) is 4.79 Å². The fourth-order valence-electron chi connectivity index (χ4n) is 3.62. The minimum Gasteiger partial charge on any atom is -0.445 e. The molecular weight excluding hydrogens is 382 g/mol. The molecule has 3 nitrogen and oxygen atoms in total. The molecule has 0 atom stereocenters. The molecule has 0 bridgehead atoms. The fourth-order valence-corrected chi connectivity index (χ4v) is 3.62. The van der Waals surface area contributed by atoms with Crippen LogP contribution in [0, 0.1) is 0 Å². The molecule has 0 radical (unpaired) electrons. The first-order chi connectivity index (χ1) is 15.1. The van der Waals surface area contributed by atoms with Gasteiger partial charge in [-0.15, -0.1) is 5.73 Å². The lowest BCUT2D eigenvalue weighted by atomic mass is 9.72. The van der Waals surface area contributed by atoms with Gasteiger partial charge in [0, 0.05) is 12.0 Å². The lowest BCUT2D eigenvalue weighted by molar-refractivity contribution is 0.137. The zero-order valence-corrected chi connectivity index (χ0v) is 18.2. The van der Waals surface area contributed by atoms with Gasteiger partial charge in [0.25, 0.3) is 0 Å². The van der Waals surface area contributed by atoms with Gasteiger partial charge >= 0.3 is 6.09 Å². The van der Waals surface area contributed by atoms with Crippen molar-refractivity contribution in [2.24, 2.45) is 0 Å². The van der Waals surface area contributed by atoms with Crippen molar-refractivity contribution in [3.63, 3.8) is 0 Å². The summed E-state index contributed by atoms with van der Waals surface area (Å²) in [7, 11) is 0. The predicted octanol–water partition coefficient (Wildman–Crippen LogP) is 6.41. The van der Waals surface area contributed by atoms with Gasteiger partial charge in [-0.1, -0.05) is 91.0 Å².